The summed E-state index contributed by atoms with van der Waals surface area (Å²) in [6, 6.07) is 0.0239. The van der Waals surface area contributed by atoms with Crippen LogP contribution in [-0.2, 0) is 0 Å². The normalized spacial score (nSPS) is 18.3. The lowest BCUT2D eigenvalue weighted by molar-refractivity contribution is 0.0755. The first-order valence-electron chi connectivity index (χ1n) is 7.37. The fourth-order valence-electron chi connectivity index (χ4n) is 2.54. The van der Waals surface area contributed by atoms with Gasteiger partial charge in [-0.1, -0.05) is 4.49 Å². The Morgan fingerprint density at radius 3 is 2.87 bits per heavy atom. The highest BCUT2D eigenvalue weighted by molar-refractivity contribution is 7.03. The fourth-order valence-corrected chi connectivity index (χ4v) is 2.97. The van der Waals surface area contributed by atoms with Crippen molar-refractivity contribution in [1.29, 1.82) is 0 Å². The molecule has 0 spiro atoms. The van der Waals surface area contributed by atoms with Crippen LogP contribution in [0.15, 0.2) is 24.0 Å². The second kappa shape index (κ2) is 7.23. The first kappa shape index (κ1) is 15.5. The van der Waals surface area contributed by atoms with Crippen LogP contribution in [0.1, 0.15) is 40.2 Å². The highest BCUT2D eigenvalue weighted by atomic mass is 32.1. The molecule has 1 atom stereocenters. The first-order chi connectivity index (χ1) is 11.2. The maximum Gasteiger partial charge on any atom is 0.275 e. The van der Waals surface area contributed by atoms with Gasteiger partial charge in [-0.15, -0.1) is 5.10 Å². The second-order valence-corrected chi connectivity index (χ2v) is 5.88. The Hall–Kier alpha value is -2.42. The molecular weight excluding hydrogens is 316 g/mol. The van der Waals surface area contributed by atoms with Gasteiger partial charge in [0.15, 0.2) is 5.69 Å². The monoisotopic (exact) mass is 332 g/mol. The molecule has 1 N–H and O–H groups in total. The molecule has 2 amide bonds. The fraction of sp³-hybridized carbons (Fsp3) is 0.429. The SMILES string of the molecule is O=C(N[C@@H]1CCCN(C(=O)c2csnn2)CC1)c1cnccn1. The van der Waals surface area contributed by atoms with E-state index >= 15 is 0 Å². The van der Waals surface area contributed by atoms with Crippen LogP contribution in [0.4, 0.5) is 0 Å². The van der Waals surface area contributed by atoms with Gasteiger partial charge in [-0.05, 0) is 30.8 Å². The Balaban J connectivity index is 1.56. The summed E-state index contributed by atoms with van der Waals surface area (Å²) in [6.07, 6.45) is 6.82. The molecule has 0 aliphatic carbocycles. The molecule has 23 heavy (non-hydrogen) atoms. The molecule has 120 valence electrons. The number of carbonyl (C=O) groups excluding carboxylic acids is 2. The summed E-state index contributed by atoms with van der Waals surface area (Å²) >= 11 is 1.17. The minimum atomic E-state index is -0.230. The third kappa shape index (κ3) is 3.86. The third-order valence-corrected chi connectivity index (χ3v) is 4.23. The maximum absolute atomic E-state index is 12.3. The number of aromatic nitrogens is 4. The number of nitrogens with zero attached hydrogens (tertiary/aromatic N) is 5. The standard InChI is InChI=1S/C14H16N6O2S/c21-13(11-8-15-4-5-16-11)17-10-2-1-6-20(7-3-10)14(22)12-9-23-19-18-12/h4-5,8-10H,1-3,6-7H2,(H,17,21)/t10-/m1/s1. The number of amides is 2. The van der Waals surface area contributed by atoms with Crippen LogP contribution in [0, 0.1) is 0 Å². The zero-order valence-corrected chi connectivity index (χ0v) is 13.2. The molecule has 9 heteroatoms. The molecule has 0 radical (unpaired) electrons. The van der Waals surface area contributed by atoms with Gasteiger partial charge < -0.3 is 10.2 Å². The Morgan fingerprint density at radius 2 is 2.13 bits per heavy atom. The predicted molar refractivity (Wildman–Crippen MR) is 82.9 cm³/mol. The zero-order valence-electron chi connectivity index (χ0n) is 12.4. The first-order valence-corrected chi connectivity index (χ1v) is 8.21. The van der Waals surface area contributed by atoms with Crippen LogP contribution in [-0.4, -0.2) is 55.4 Å². The maximum atomic E-state index is 12.3. The van der Waals surface area contributed by atoms with E-state index in [-0.39, 0.29) is 17.9 Å². The zero-order chi connectivity index (χ0) is 16.1. The van der Waals surface area contributed by atoms with E-state index in [9.17, 15) is 9.59 Å². The molecular formula is C14H16N6O2S. The van der Waals surface area contributed by atoms with E-state index in [2.05, 4.69) is 24.9 Å². The van der Waals surface area contributed by atoms with Gasteiger partial charge in [0.2, 0.25) is 0 Å². The van der Waals surface area contributed by atoms with E-state index in [0.717, 1.165) is 12.8 Å². The number of carbonyl (C=O) groups is 2. The van der Waals surface area contributed by atoms with E-state index in [0.29, 0.717) is 30.9 Å². The van der Waals surface area contributed by atoms with Gasteiger partial charge in [0, 0.05) is 36.9 Å². The molecule has 0 unspecified atom stereocenters. The quantitative estimate of drug-likeness (QED) is 0.890. The Kier molecular flexibility index (Phi) is 4.86. The number of nitrogens with one attached hydrogen (secondary N) is 1. The molecule has 8 nitrogen and oxygen atoms in total. The number of rotatable bonds is 3. The highest BCUT2D eigenvalue weighted by Crippen LogP contribution is 2.14. The molecule has 0 saturated carbocycles. The van der Waals surface area contributed by atoms with Crippen LogP contribution in [0.2, 0.25) is 0 Å². The summed E-state index contributed by atoms with van der Waals surface area (Å²) in [5.41, 5.74) is 0.690. The highest BCUT2D eigenvalue weighted by Gasteiger charge is 2.24. The summed E-state index contributed by atoms with van der Waals surface area (Å²) in [4.78, 5) is 34.1. The van der Waals surface area contributed by atoms with Gasteiger partial charge in [-0.3, -0.25) is 14.6 Å². The minimum Gasteiger partial charge on any atom is -0.348 e. The molecule has 1 saturated heterocycles. The van der Waals surface area contributed by atoms with Crippen molar-refractivity contribution in [1.82, 2.24) is 29.8 Å². The van der Waals surface area contributed by atoms with Gasteiger partial charge in [0.25, 0.3) is 11.8 Å². The van der Waals surface area contributed by atoms with E-state index in [4.69, 9.17) is 0 Å². The summed E-state index contributed by atoms with van der Waals surface area (Å²) in [5, 5.41) is 8.44. The summed E-state index contributed by atoms with van der Waals surface area (Å²) in [7, 11) is 0. The predicted octanol–water partition coefficient (Wildman–Crippen LogP) is 0.753. The molecule has 0 aromatic carbocycles. The summed E-state index contributed by atoms with van der Waals surface area (Å²) in [6.45, 7) is 1.25. The average Bonchev–Trinajstić information content (AvgIpc) is 3.02. The number of hydrogen-bond donors (Lipinski definition) is 1. The van der Waals surface area contributed by atoms with E-state index in [1.807, 2.05) is 0 Å². The van der Waals surface area contributed by atoms with Crippen molar-refractivity contribution >= 4 is 23.3 Å². The second-order valence-electron chi connectivity index (χ2n) is 5.27. The van der Waals surface area contributed by atoms with Crippen molar-refractivity contribution in [3.63, 3.8) is 0 Å². The van der Waals surface area contributed by atoms with E-state index < -0.39 is 0 Å². The van der Waals surface area contributed by atoms with Crippen LogP contribution < -0.4 is 5.32 Å². The molecule has 3 heterocycles. The average molecular weight is 332 g/mol. The van der Waals surface area contributed by atoms with E-state index in [1.165, 1.54) is 30.1 Å². The third-order valence-electron chi connectivity index (χ3n) is 3.73. The van der Waals surface area contributed by atoms with Crippen molar-refractivity contribution in [3.05, 3.63) is 35.4 Å². The van der Waals surface area contributed by atoms with Crippen molar-refractivity contribution in [2.75, 3.05) is 13.1 Å². The van der Waals surface area contributed by atoms with Gasteiger partial charge >= 0.3 is 0 Å². The minimum absolute atomic E-state index is 0.0239. The summed E-state index contributed by atoms with van der Waals surface area (Å²) < 4.78 is 3.72. The lowest BCUT2D eigenvalue weighted by Crippen LogP contribution is -2.37. The van der Waals surface area contributed by atoms with E-state index in [1.54, 1.807) is 10.3 Å². The molecule has 1 fully saturated rings. The molecule has 1 aliphatic heterocycles. The summed E-state index contributed by atoms with van der Waals surface area (Å²) in [5.74, 6) is -0.328. The van der Waals surface area contributed by atoms with Gasteiger partial charge in [0.05, 0.1) is 6.20 Å². The largest absolute Gasteiger partial charge is 0.348 e. The molecule has 2 aromatic heterocycles. The smallest absolute Gasteiger partial charge is 0.275 e. The van der Waals surface area contributed by atoms with Crippen molar-refractivity contribution < 1.29 is 9.59 Å². The topological polar surface area (TPSA) is 101 Å². The Morgan fingerprint density at radius 1 is 1.22 bits per heavy atom. The number of hydrogen-bond acceptors (Lipinski definition) is 7. The van der Waals surface area contributed by atoms with Crippen LogP contribution in [0.25, 0.3) is 0 Å². The Labute approximate surface area is 137 Å². The van der Waals surface area contributed by atoms with Crippen molar-refractivity contribution in [2.45, 2.75) is 25.3 Å². The number of likely N-dealkylation sites (tertiary alicyclic amines) is 1. The van der Waals surface area contributed by atoms with Gasteiger partial charge in [-0.25, -0.2) is 4.98 Å². The van der Waals surface area contributed by atoms with Crippen LogP contribution >= 0.6 is 11.5 Å². The van der Waals surface area contributed by atoms with Gasteiger partial charge in [-0.2, -0.15) is 0 Å². The van der Waals surface area contributed by atoms with Crippen LogP contribution in [0.5, 0.6) is 0 Å². The lowest BCUT2D eigenvalue weighted by atomic mass is 10.1. The molecule has 1 aliphatic rings. The molecule has 3 rings (SSSR count). The Bertz CT molecular complexity index is 663. The van der Waals surface area contributed by atoms with Crippen molar-refractivity contribution in [2.24, 2.45) is 0 Å². The van der Waals surface area contributed by atoms with Gasteiger partial charge in [0.1, 0.15) is 5.69 Å². The lowest BCUT2D eigenvalue weighted by Gasteiger charge is -2.19. The molecule has 2 aromatic rings. The van der Waals surface area contributed by atoms with Crippen LogP contribution in [0.3, 0.4) is 0 Å². The molecule has 0 bridgehead atoms. The van der Waals surface area contributed by atoms with Crippen molar-refractivity contribution in [3.8, 4) is 0 Å².